The van der Waals surface area contributed by atoms with Gasteiger partial charge in [0.2, 0.25) is 10.0 Å². The average Bonchev–Trinajstić information content (AvgIpc) is 2.13. The highest BCUT2D eigenvalue weighted by Gasteiger charge is 2.23. The third kappa shape index (κ3) is 2.76. The number of hydrogen-bond donors (Lipinski definition) is 2. The Balaban J connectivity index is 2.12. The second-order valence-electron chi connectivity index (χ2n) is 4.34. The lowest BCUT2D eigenvalue weighted by atomic mass is 9.86. The van der Waals surface area contributed by atoms with E-state index in [0.29, 0.717) is 12.5 Å². The monoisotopic (exact) mass is 258 g/mol. The van der Waals surface area contributed by atoms with E-state index in [0.717, 1.165) is 25.3 Å². The Morgan fingerprint density at radius 1 is 1.41 bits per heavy atom. The maximum Gasteiger partial charge on any atom is 0.243 e. The highest BCUT2D eigenvalue weighted by atomic mass is 32.2. The summed E-state index contributed by atoms with van der Waals surface area (Å²) in [5.41, 5.74) is 5.58. The minimum absolute atomic E-state index is 0.209. The van der Waals surface area contributed by atoms with Crippen LogP contribution in [0.2, 0.25) is 0 Å². The van der Waals surface area contributed by atoms with E-state index in [4.69, 9.17) is 5.73 Å². The Bertz CT molecular complexity index is 512. The normalized spacial score (nSPS) is 16.8. The van der Waals surface area contributed by atoms with Crippen molar-refractivity contribution in [1.29, 1.82) is 0 Å². The minimum Gasteiger partial charge on any atom is -0.399 e. The van der Waals surface area contributed by atoms with Crippen molar-refractivity contribution < 1.29 is 12.8 Å². The maximum atomic E-state index is 13.5. The van der Waals surface area contributed by atoms with Crippen LogP contribution in [0.4, 0.5) is 10.1 Å². The fourth-order valence-electron chi connectivity index (χ4n) is 1.74. The predicted octanol–water partition coefficient (Wildman–Crippen LogP) is 1.49. The summed E-state index contributed by atoms with van der Waals surface area (Å²) >= 11 is 0. The van der Waals surface area contributed by atoms with Crippen LogP contribution in [-0.4, -0.2) is 15.0 Å². The van der Waals surface area contributed by atoms with Gasteiger partial charge in [-0.2, -0.15) is 0 Å². The summed E-state index contributed by atoms with van der Waals surface area (Å²) in [6.07, 6.45) is 3.21. The Hall–Kier alpha value is -1.14. The lowest BCUT2D eigenvalue weighted by Crippen LogP contribution is -2.32. The van der Waals surface area contributed by atoms with Crippen molar-refractivity contribution in [3.8, 4) is 0 Å². The lowest BCUT2D eigenvalue weighted by molar-refractivity contribution is 0.316. The molecule has 0 saturated heterocycles. The van der Waals surface area contributed by atoms with E-state index in [9.17, 15) is 12.8 Å². The molecular weight excluding hydrogens is 243 g/mol. The molecular formula is C11H15FN2O2S. The van der Waals surface area contributed by atoms with Gasteiger partial charge in [-0.15, -0.1) is 0 Å². The Morgan fingerprint density at radius 2 is 2.12 bits per heavy atom. The van der Waals surface area contributed by atoms with Crippen molar-refractivity contribution in [2.75, 3.05) is 12.3 Å². The van der Waals surface area contributed by atoms with Gasteiger partial charge in [0.15, 0.2) is 0 Å². The molecule has 0 heterocycles. The fourth-order valence-corrected chi connectivity index (χ4v) is 2.91. The summed E-state index contributed by atoms with van der Waals surface area (Å²) in [5.74, 6) is -0.423. The molecule has 3 N–H and O–H groups in total. The molecule has 1 aliphatic carbocycles. The van der Waals surface area contributed by atoms with Crippen LogP contribution < -0.4 is 10.5 Å². The number of nitrogen functional groups attached to an aromatic ring is 1. The first-order valence-corrected chi connectivity index (χ1v) is 7.02. The van der Waals surface area contributed by atoms with Crippen LogP contribution in [0.25, 0.3) is 0 Å². The molecule has 0 aliphatic heterocycles. The molecule has 1 aliphatic rings. The van der Waals surface area contributed by atoms with Crippen molar-refractivity contribution in [1.82, 2.24) is 4.72 Å². The van der Waals surface area contributed by atoms with Gasteiger partial charge in [0.25, 0.3) is 0 Å². The van der Waals surface area contributed by atoms with Gasteiger partial charge in [0, 0.05) is 12.2 Å². The number of nitrogens with one attached hydrogen (secondary N) is 1. The highest BCUT2D eigenvalue weighted by Crippen LogP contribution is 2.26. The lowest BCUT2D eigenvalue weighted by Gasteiger charge is -2.25. The summed E-state index contributed by atoms with van der Waals surface area (Å²) in [5, 5.41) is 0. The first-order chi connectivity index (χ1) is 7.99. The van der Waals surface area contributed by atoms with Gasteiger partial charge in [-0.1, -0.05) is 6.42 Å². The van der Waals surface area contributed by atoms with Crippen LogP contribution in [0.1, 0.15) is 19.3 Å². The smallest absolute Gasteiger partial charge is 0.243 e. The summed E-state index contributed by atoms with van der Waals surface area (Å²) in [4.78, 5) is -0.342. The third-order valence-corrected chi connectivity index (χ3v) is 4.49. The fraction of sp³-hybridized carbons (Fsp3) is 0.455. The number of benzene rings is 1. The number of hydrogen-bond acceptors (Lipinski definition) is 3. The molecule has 2 rings (SSSR count). The van der Waals surface area contributed by atoms with E-state index in [1.54, 1.807) is 0 Å². The van der Waals surface area contributed by atoms with E-state index in [2.05, 4.69) is 4.72 Å². The molecule has 1 aromatic carbocycles. The van der Waals surface area contributed by atoms with E-state index >= 15 is 0 Å². The van der Waals surface area contributed by atoms with Crippen molar-refractivity contribution in [2.24, 2.45) is 5.92 Å². The second kappa shape index (κ2) is 4.62. The van der Waals surface area contributed by atoms with E-state index < -0.39 is 15.8 Å². The molecule has 4 nitrogen and oxygen atoms in total. The second-order valence-corrected chi connectivity index (χ2v) is 6.07. The van der Waals surface area contributed by atoms with Gasteiger partial charge in [-0.25, -0.2) is 17.5 Å². The molecule has 1 aromatic rings. The number of nitrogens with two attached hydrogens (primary N) is 1. The largest absolute Gasteiger partial charge is 0.399 e. The number of sulfonamides is 1. The molecule has 0 bridgehead atoms. The van der Waals surface area contributed by atoms with Crippen LogP contribution in [0.3, 0.4) is 0 Å². The van der Waals surface area contributed by atoms with E-state index in [1.165, 1.54) is 12.1 Å². The predicted molar refractivity (Wildman–Crippen MR) is 63.3 cm³/mol. The molecule has 0 spiro atoms. The highest BCUT2D eigenvalue weighted by molar-refractivity contribution is 7.89. The van der Waals surface area contributed by atoms with Crippen LogP contribution in [-0.2, 0) is 10.0 Å². The molecule has 6 heteroatoms. The molecule has 0 aromatic heterocycles. The summed E-state index contributed by atoms with van der Waals surface area (Å²) in [6, 6.07) is 3.58. The molecule has 0 radical (unpaired) electrons. The van der Waals surface area contributed by atoms with Crippen molar-refractivity contribution in [2.45, 2.75) is 24.2 Å². The molecule has 1 fully saturated rings. The SMILES string of the molecule is Nc1ccc(S(=O)(=O)NCC2CCC2)c(F)c1. The zero-order valence-corrected chi connectivity index (χ0v) is 10.1. The number of halogens is 1. The quantitative estimate of drug-likeness (QED) is 0.804. The number of rotatable bonds is 4. The van der Waals surface area contributed by atoms with E-state index in [-0.39, 0.29) is 10.6 Å². The van der Waals surface area contributed by atoms with Crippen LogP contribution >= 0.6 is 0 Å². The topological polar surface area (TPSA) is 72.2 Å². The first kappa shape index (κ1) is 12.3. The minimum atomic E-state index is -3.76. The Morgan fingerprint density at radius 3 is 2.65 bits per heavy atom. The van der Waals surface area contributed by atoms with Gasteiger partial charge in [-0.05, 0) is 37.0 Å². The van der Waals surface area contributed by atoms with Crippen molar-refractivity contribution >= 4 is 15.7 Å². The average molecular weight is 258 g/mol. The zero-order chi connectivity index (χ0) is 12.5. The Kier molecular flexibility index (Phi) is 3.35. The van der Waals surface area contributed by atoms with Crippen LogP contribution in [0, 0.1) is 11.7 Å². The van der Waals surface area contributed by atoms with Crippen molar-refractivity contribution in [3.63, 3.8) is 0 Å². The third-order valence-electron chi connectivity index (χ3n) is 3.03. The summed E-state index contributed by atoms with van der Waals surface area (Å²) < 4.78 is 39.5. The van der Waals surface area contributed by atoms with Gasteiger partial charge in [0.05, 0.1) is 0 Å². The molecule has 17 heavy (non-hydrogen) atoms. The van der Waals surface area contributed by atoms with Crippen molar-refractivity contribution in [3.05, 3.63) is 24.0 Å². The van der Waals surface area contributed by atoms with Crippen LogP contribution in [0.15, 0.2) is 23.1 Å². The van der Waals surface area contributed by atoms with Gasteiger partial charge >= 0.3 is 0 Å². The standard InChI is InChI=1S/C11H15FN2O2S/c12-10-6-9(13)4-5-11(10)17(15,16)14-7-8-2-1-3-8/h4-6,8,14H,1-3,7,13H2. The molecule has 1 saturated carbocycles. The molecule has 94 valence electrons. The van der Waals surface area contributed by atoms with Crippen LogP contribution in [0.5, 0.6) is 0 Å². The van der Waals surface area contributed by atoms with E-state index in [1.807, 2.05) is 0 Å². The maximum absolute atomic E-state index is 13.5. The van der Waals surface area contributed by atoms with Gasteiger partial charge < -0.3 is 5.73 Å². The number of anilines is 1. The molecule has 0 amide bonds. The Labute approximate surface area is 100 Å². The van der Waals surface area contributed by atoms with Gasteiger partial charge in [0.1, 0.15) is 10.7 Å². The zero-order valence-electron chi connectivity index (χ0n) is 9.32. The molecule has 0 atom stereocenters. The summed E-state index contributed by atoms with van der Waals surface area (Å²) in [6.45, 7) is 0.381. The van der Waals surface area contributed by atoms with Gasteiger partial charge in [-0.3, -0.25) is 0 Å². The summed E-state index contributed by atoms with van der Waals surface area (Å²) in [7, 11) is -3.76. The molecule has 0 unspecified atom stereocenters. The first-order valence-electron chi connectivity index (χ1n) is 5.54.